The van der Waals surface area contributed by atoms with Gasteiger partial charge in [-0.05, 0) is 84.6 Å². The molecule has 1 aliphatic rings. The molecule has 3 aromatic rings. The monoisotopic (exact) mass is 807 g/mol. The third-order valence-corrected chi connectivity index (χ3v) is 7.79. The van der Waals surface area contributed by atoms with Crippen LogP contribution >= 0.6 is 50.7 Å². The number of allylic oxidation sites excluding steroid dienone is 1. The fourth-order valence-corrected chi connectivity index (χ4v) is 6.28. The molecule has 1 aliphatic heterocycles. The van der Waals surface area contributed by atoms with Gasteiger partial charge in [-0.1, -0.05) is 34.1 Å². The number of halogens is 2. The van der Waals surface area contributed by atoms with Crippen molar-refractivity contribution in [2.75, 3.05) is 13.2 Å². The van der Waals surface area contributed by atoms with Crippen LogP contribution in [-0.4, -0.2) is 41.3 Å². The largest absolute Gasteiger partial charge is 0.487 e. The first kappa shape index (κ1) is 33.8. The first-order valence-corrected chi connectivity index (χ1v) is 15.7. The van der Waals surface area contributed by atoms with Crippen LogP contribution < -0.4 is 25.5 Å². The number of nitro benzene ring substituents is 1. The van der Waals surface area contributed by atoms with E-state index in [2.05, 4.69) is 59.7 Å². The Morgan fingerprint density at radius 2 is 1.91 bits per heavy atom. The summed E-state index contributed by atoms with van der Waals surface area (Å²) in [5.41, 5.74) is 5.29. The van der Waals surface area contributed by atoms with Crippen molar-refractivity contribution in [3.05, 3.63) is 107 Å². The average molecular weight is 808 g/mol. The quantitative estimate of drug-likeness (QED) is 0.0540. The summed E-state index contributed by atoms with van der Waals surface area (Å²) in [7, 11) is 0. The molecule has 0 aliphatic carbocycles. The van der Waals surface area contributed by atoms with Gasteiger partial charge in [-0.2, -0.15) is 5.10 Å². The number of nitro groups is 1. The summed E-state index contributed by atoms with van der Waals surface area (Å²) in [5, 5.41) is 21.4. The van der Waals surface area contributed by atoms with Crippen LogP contribution in [0.25, 0.3) is 0 Å². The number of hydrazone groups is 1. The lowest BCUT2D eigenvalue weighted by Gasteiger charge is -2.30. The minimum atomic E-state index is -0.654. The number of carbonyl (C=O) groups is 2. The zero-order valence-electron chi connectivity index (χ0n) is 24.0. The fourth-order valence-electron chi connectivity index (χ4n) is 4.30. The fraction of sp³-hybridized carbons (Fsp3) is 0.200. The molecule has 12 nitrogen and oxygen atoms in total. The average Bonchev–Trinajstić information content (AvgIpc) is 2.99. The summed E-state index contributed by atoms with van der Waals surface area (Å²) < 4.78 is 18.7. The number of esters is 1. The van der Waals surface area contributed by atoms with Crippen molar-refractivity contribution in [3.63, 3.8) is 0 Å². The zero-order chi connectivity index (χ0) is 32.5. The van der Waals surface area contributed by atoms with Crippen LogP contribution in [-0.2, 0) is 20.9 Å². The number of nitrogens with zero attached hydrogens (tertiary/aromatic N) is 2. The van der Waals surface area contributed by atoms with Gasteiger partial charge in [-0.25, -0.2) is 10.2 Å². The van der Waals surface area contributed by atoms with Crippen LogP contribution in [0.4, 0.5) is 5.69 Å². The molecule has 3 N–H and O–H groups in total. The summed E-state index contributed by atoms with van der Waals surface area (Å²) in [6, 6.07) is 16.1. The molecule has 0 spiro atoms. The third-order valence-electron chi connectivity index (χ3n) is 6.31. The van der Waals surface area contributed by atoms with E-state index in [-0.39, 0.29) is 25.5 Å². The molecule has 0 bridgehead atoms. The summed E-state index contributed by atoms with van der Waals surface area (Å²) in [5.74, 6) is -0.127. The molecule has 1 atom stereocenters. The van der Waals surface area contributed by atoms with E-state index in [1.165, 1.54) is 18.3 Å². The van der Waals surface area contributed by atoms with Crippen molar-refractivity contribution in [1.82, 2.24) is 16.1 Å². The van der Waals surface area contributed by atoms with Gasteiger partial charge >= 0.3 is 5.97 Å². The van der Waals surface area contributed by atoms with Crippen molar-refractivity contribution in [2.24, 2.45) is 5.10 Å². The van der Waals surface area contributed by atoms with E-state index in [0.717, 1.165) is 13.6 Å². The normalized spacial score (nSPS) is 14.4. The Bertz CT molecular complexity index is 1680. The standard InChI is InChI=1S/C30H27BrIN5O7S/c1-3-42-29(39)26-17(2)34-30(45)35-27(26)22-6-4-5-7-24(22)43-16-25(38)36-33-14-19-12-20(31)13-23(32)28(19)44-15-18-8-10-21(11-9-18)37(40)41/h4-14,27H,3,15-16H2,1-2H3,(H,36,38)(H2,34,35,45)/t27-/m0/s1. The number of carbonyl (C=O) groups excluding carboxylic acids is 2. The Balaban J connectivity index is 1.43. The lowest BCUT2D eigenvalue weighted by molar-refractivity contribution is -0.384. The highest BCUT2D eigenvalue weighted by Crippen LogP contribution is 2.34. The smallest absolute Gasteiger partial charge is 0.338 e. The molecule has 0 unspecified atom stereocenters. The molecule has 3 aromatic carbocycles. The van der Waals surface area contributed by atoms with E-state index in [4.69, 9.17) is 26.4 Å². The zero-order valence-corrected chi connectivity index (χ0v) is 28.5. The van der Waals surface area contributed by atoms with Crippen LogP contribution in [0, 0.1) is 13.7 Å². The van der Waals surface area contributed by atoms with Crippen molar-refractivity contribution < 1.29 is 28.7 Å². The molecule has 0 fully saturated rings. The maximum absolute atomic E-state index is 12.8. The first-order chi connectivity index (χ1) is 21.6. The molecule has 4 rings (SSSR count). The summed E-state index contributed by atoms with van der Waals surface area (Å²) in [6.07, 6.45) is 1.45. The predicted octanol–water partition coefficient (Wildman–Crippen LogP) is 5.43. The van der Waals surface area contributed by atoms with Crippen molar-refractivity contribution >= 4 is 79.6 Å². The second-order valence-electron chi connectivity index (χ2n) is 9.43. The van der Waals surface area contributed by atoms with E-state index in [1.807, 2.05) is 6.07 Å². The highest BCUT2D eigenvalue weighted by molar-refractivity contribution is 14.1. The highest BCUT2D eigenvalue weighted by Gasteiger charge is 2.32. The highest BCUT2D eigenvalue weighted by atomic mass is 127. The van der Waals surface area contributed by atoms with Gasteiger partial charge in [0.2, 0.25) is 0 Å². The maximum Gasteiger partial charge on any atom is 0.338 e. The Labute approximate surface area is 286 Å². The Hall–Kier alpha value is -4.09. The molecular weight excluding hydrogens is 781 g/mol. The lowest BCUT2D eigenvalue weighted by atomic mass is 9.95. The van der Waals surface area contributed by atoms with Gasteiger partial charge < -0.3 is 24.8 Å². The summed E-state index contributed by atoms with van der Waals surface area (Å²) in [4.78, 5) is 35.9. The predicted molar refractivity (Wildman–Crippen MR) is 183 cm³/mol. The second-order valence-corrected chi connectivity index (χ2v) is 11.9. The summed E-state index contributed by atoms with van der Waals surface area (Å²) in [6.45, 7) is 3.47. The number of amides is 1. The van der Waals surface area contributed by atoms with Gasteiger partial charge in [-0.3, -0.25) is 14.9 Å². The van der Waals surface area contributed by atoms with E-state index in [1.54, 1.807) is 56.3 Å². The van der Waals surface area contributed by atoms with Crippen molar-refractivity contribution in [1.29, 1.82) is 0 Å². The second kappa shape index (κ2) is 15.8. The Morgan fingerprint density at radius 1 is 1.18 bits per heavy atom. The minimum Gasteiger partial charge on any atom is -0.487 e. The molecule has 0 radical (unpaired) electrons. The number of thiocarbonyl (C=S) groups is 1. The Morgan fingerprint density at radius 3 is 2.62 bits per heavy atom. The van der Waals surface area contributed by atoms with E-state index in [0.29, 0.717) is 39.0 Å². The number of benzene rings is 3. The number of ether oxygens (including phenoxy) is 3. The topological polar surface area (TPSA) is 153 Å². The lowest BCUT2D eigenvalue weighted by Crippen LogP contribution is -2.45. The molecule has 1 heterocycles. The van der Waals surface area contributed by atoms with Crippen LogP contribution in [0.2, 0.25) is 0 Å². The van der Waals surface area contributed by atoms with Crippen molar-refractivity contribution in [3.8, 4) is 11.5 Å². The molecule has 0 aromatic heterocycles. The van der Waals surface area contributed by atoms with E-state index < -0.39 is 22.8 Å². The van der Waals surface area contributed by atoms with E-state index >= 15 is 0 Å². The van der Waals surface area contributed by atoms with Crippen molar-refractivity contribution in [2.45, 2.75) is 26.5 Å². The third kappa shape index (κ3) is 8.98. The van der Waals surface area contributed by atoms with Gasteiger partial charge in [0.15, 0.2) is 11.7 Å². The molecule has 1 amide bonds. The molecule has 0 saturated heterocycles. The van der Waals surface area contributed by atoms with E-state index in [9.17, 15) is 19.7 Å². The number of nitrogens with one attached hydrogen (secondary N) is 3. The van der Waals surface area contributed by atoms with Gasteiger partial charge in [0.25, 0.3) is 11.6 Å². The number of para-hydroxylation sites is 1. The minimum absolute atomic E-state index is 0.00609. The number of non-ortho nitro benzene ring substituents is 1. The first-order valence-electron chi connectivity index (χ1n) is 13.4. The molecule has 45 heavy (non-hydrogen) atoms. The number of hydrogen-bond acceptors (Lipinski definition) is 9. The van der Waals surface area contributed by atoms with Gasteiger partial charge in [0.1, 0.15) is 18.1 Å². The number of rotatable bonds is 12. The summed E-state index contributed by atoms with van der Waals surface area (Å²) >= 11 is 10.9. The van der Waals surface area contributed by atoms with Gasteiger partial charge in [0, 0.05) is 33.4 Å². The number of hydrogen-bond donors (Lipinski definition) is 3. The van der Waals surface area contributed by atoms with Crippen LogP contribution in [0.15, 0.2) is 81.5 Å². The molecule has 234 valence electrons. The maximum atomic E-state index is 12.8. The molecule has 0 saturated carbocycles. The molecule has 15 heteroatoms. The van der Waals surface area contributed by atoms with Gasteiger partial charge in [-0.15, -0.1) is 0 Å². The SMILES string of the molecule is CCOC(=O)C1=C(C)NC(=S)N[C@H]1c1ccccc1OCC(=O)NN=Cc1cc(Br)cc(I)c1OCc1ccc([N+](=O)[O-])cc1. The van der Waals surface area contributed by atoms with Crippen LogP contribution in [0.5, 0.6) is 11.5 Å². The van der Waals surface area contributed by atoms with Crippen LogP contribution in [0.1, 0.15) is 36.6 Å². The van der Waals surface area contributed by atoms with Gasteiger partial charge in [0.05, 0.1) is 32.9 Å². The van der Waals surface area contributed by atoms with Crippen LogP contribution in [0.3, 0.4) is 0 Å². The molecular formula is C30H27BrIN5O7S. The Kier molecular flexibility index (Phi) is 11.8.